The van der Waals surface area contributed by atoms with Crippen LogP contribution in [0, 0.1) is 5.92 Å². The van der Waals surface area contributed by atoms with Gasteiger partial charge in [-0.1, -0.05) is 28.1 Å². The Morgan fingerprint density at radius 1 is 1.35 bits per heavy atom. The second-order valence-corrected chi connectivity index (χ2v) is 6.45. The van der Waals surface area contributed by atoms with E-state index in [4.69, 9.17) is 5.11 Å². The van der Waals surface area contributed by atoms with Crippen LogP contribution in [0.3, 0.4) is 0 Å². The molecule has 2 fully saturated rings. The van der Waals surface area contributed by atoms with Crippen molar-refractivity contribution in [3.05, 3.63) is 34.3 Å². The minimum Gasteiger partial charge on any atom is -0.480 e. The van der Waals surface area contributed by atoms with E-state index in [-0.39, 0.29) is 17.7 Å². The summed E-state index contributed by atoms with van der Waals surface area (Å²) in [5.74, 6) is -0.658. The van der Waals surface area contributed by atoms with Crippen molar-refractivity contribution in [2.45, 2.75) is 31.2 Å². The average molecular weight is 338 g/mol. The molecule has 3 atom stereocenters. The predicted molar refractivity (Wildman–Crippen MR) is 77.4 cm³/mol. The maximum atomic E-state index is 12.4. The highest BCUT2D eigenvalue weighted by Crippen LogP contribution is 2.49. The number of nitrogens with zero attached hydrogens (tertiary/aromatic N) is 1. The van der Waals surface area contributed by atoms with Crippen LogP contribution in [0.5, 0.6) is 0 Å². The molecule has 106 valence electrons. The van der Waals surface area contributed by atoms with E-state index in [9.17, 15) is 9.59 Å². The topological polar surface area (TPSA) is 57.6 Å². The zero-order valence-corrected chi connectivity index (χ0v) is 12.5. The Balaban J connectivity index is 1.70. The van der Waals surface area contributed by atoms with Crippen LogP contribution in [0.4, 0.5) is 0 Å². The zero-order chi connectivity index (χ0) is 14.3. The van der Waals surface area contributed by atoms with Crippen molar-refractivity contribution in [1.29, 1.82) is 0 Å². The first kappa shape index (κ1) is 13.6. The number of carbonyl (C=O) groups excluding carboxylic acids is 1. The molecular formula is C15H16BrNO3. The van der Waals surface area contributed by atoms with Gasteiger partial charge in [0.25, 0.3) is 0 Å². The van der Waals surface area contributed by atoms with Crippen molar-refractivity contribution in [3.63, 3.8) is 0 Å². The summed E-state index contributed by atoms with van der Waals surface area (Å²) in [4.78, 5) is 25.2. The smallest absolute Gasteiger partial charge is 0.326 e. The maximum Gasteiger partial charge on any atom is 0.326 e. The Labute approximate surface area is 125 Å². The average Bonchev–Trinajstić information content (AvgIpc) is 3.06. The van der Waals surface area contributed by atoms with E-state index in [1.807, 2.05) is 24.3 Å². The summed E-state index contributed by atoms with van der Waals surface area (Å²) in [6.45, 7) is 0.581. The van der Waals surface area contributed by atoms with E-state index < -0.39 is 12.0 Å². The van der Waals surface area contributed by atoms with Crippen LogP contribution in [0.25, 0.3) is 0 Å². The molecule has 0 bridgehead atoms. The third kappa shape index (κ3) is 2.46. The summed E-state index contributed by atoms with van der Waals surface area (Å²) in [5.41, 5.74) is 1.16. The molecule has 0 aromatic heterocycles. The molecule has 1 amide bonds. The molecule has 1 aromatic carbocycles. The summed E-state index contributed by atoms with van der Waals surface area (Å²) < 4.78 is 1.01. The van der Waals surface area contributed by atoms with Crippen LogP contribution in [0.1, 0.15) is 30.7 Å². The van der Waals surface area contributed by atoms with Crippen LogP contribution >= 0.6 is 15.9 Å². The molecule has 20 heavy (non-hydrogen) atoms. The zero-order valence-electron chi connectivity index (χ0n) is 11.0. The SMILES string of the molecule is O=C(O)[C@@H]1CCCN1C(=O)[C@H]1C[C@H]1c1cccc(Br)c1. The van der Waals surface area contributed by atoms with Gasteiger partial charge < -0.3 is 10.0 Å². The fraction of sp³-hybridized carbons (Fsp3) is 0.467. The Kier molecular flexibility index (Phi) is 3.54. The lowest BCUT2D eigenvalue weighted by Gasteiger charge is -2.21. The number of hydrogen-bond acceptors (Lipinski definition) is 2. The van der Waals surface area contributed by atoms with Crippen molar-refractivity contribution >= 4 is 27.8 Å². The number of carbonyl (C=O) groups is 2. The molecule has 5 heteroatoms. The molecule has 0 radical (unpaired) electrons. The maximum absolute atomic E-state index is 12.4. The van der Waals surface area contributed by atoms with Crippen molar-refractivity contribution < 1.29 is 14.7 Å². The number of hydrogen-bond donors (Lipinski definition) is 1. The number of aliphatic carboxylic acids is 1. The van der Waals surface area contributed by atoms with Gasteiger partial charge in [-0.25, -0.2) is 4.79 Å². The normalized spacial score (nSPS) is 28.4. The van der Waals surface area contributed by atoms with Crippen LogP contribution in [-0.2, 0) is 9.59 Å². The predicted octanol–water partition coefficient (Wildman–Crippen LogP) is 2.63. The molecule has 4 nitrogen and oxygen atoms in total. The van der Waals surface area contributed by atoms with Gasteiger partial charge in [-0.2, -0.15) is 0 Å². The molecule has 1 aromatic rings. The summed E-state index contributed by atoms with van der Waals surface area (Å²) >= 11 is 3.44. The highest BCUT2D eigenvalue weighted by molar-refractivity contribution is 9.10. The van der Waals surface area contributed by atoms with Gasteiger partial charge in [-0.3, -0.25) is 4.79 Å². The molecule has 1 N–H and O–H groups in total. The molecular weight excluding hydrogens is 322 g/mol. The van der Waals surface area contributed by atoms with E-state index in [2.05, 4.69) is 15.9 Å². The van der Waals surface area contributed by atoms with E-state index in [1.54, 1.807) is 4.90 Å². The number of amides is 1. The van der Waals surface area contributed by atoms with Crippen LogP contribution < -0.4 is 0 Å². The molecule has 1 aliphatic heterocycles. The van der Waals surface area contributed by atoms with Crippen LogP contribution in [0.2, 0.25) is 0 Å². The van der Waals surface area contributed by atoms with E-state index in [0.717, 1.165) is 22.9 Å². The largest absolute Gasteiger partial charge is 0.480 e. The number of rotatable bonds is 3. The van der Waals surface area contributed by atoms with Crippen LogP contribution in [-0.4, -0.2) is 34.5 Å². The van der Waals surface area contributed by atoms with E-state index >= 15 is 0 Å². The molecule has 1 saturated heterocycles. The van der Waals surface area contributed by atoms with Crippen molar-refractivity contribution in [1.82, 2.24) is 4.90 Å². The molecule has 0 spiro atoms. The minimum atomic E-state index is -0.879. The van der Waals surface area contributed by atoms with Gasteiger partial charge in [0.05, 0.1) is 0 Å². The Morgan fingerprint density at radius 3 is 2.85 bits per heavy atom. The standard InChI is InChI=1S/C15H16BrNO3/c16-10-4-1-3-9(7-10)11-8-12(11)14(18)17-6-2-5-13(17)15(19)20/h1,3-4,7,11-13H,2,5-6,8H2,(H,19,20)/t11-,12-,13-/m0/s1. The molecule has 1 saturated carbocycles. The van der Waals surface area contributed by atoms with Gasteiger partial charge in [-0.15, -0.1) is 0 Å². The summed E-state index contributed by atoms with van der Waals surface area (Å²) in [6.07, 6.45) is 2.20. The van der Waals surface area contributed by atoms with Gasteiger partial charge in [0.15, 0.2) is 0 Å². The number of carboxylic acids is 1. The molecule has 3 rings (SSSR count). The van der Waals surface area contributed by atoms with E-state index in [0.29, 0.717) is 13.0 Å². The number of likely N-dealkylation sites (tertiary alicyclic amines) is 1. The van der Waals surface area contributed by atoms with E-state index in [1.165, 1.54) is 0 Å². The summed E-state index contributed by atoms with van der Waals surface area (Å²) in [7, 11) is 0. The quantitative estimate of drug-likeness (QED) is 0.922. The lowest BCUT2D eigenvalue weighted by Crippen LogP contribution is -2.41. The second kappa shape index (κ2) is 5.20. The van der Waals surface area contributed by atoms with Crippen LogP contribution in [0.15, 0.2) is 28.7 Å². The third-order valence-corrected chi connectivity index (χ3v) is 4.70. The summed E-state index contributed by atoms with van der Waals surface area (Å²) in [5, 5.41) is 9.15. The Morgan fingerprint density at radius 2 is 2.15 bits per heavy atom. The first-order chi connectivity index (χ1) is 9.58. The first-order valence-corrected chi connectivity index (χ1v) is 7.66. The minimum absolute atomic E-state index is 0.0138. The van der Waals surface area contributed by atoms with Gasteiger partial charge in [0.1, 0.15) is 6.04 Å². The lowest BCUT2D eigenvalue weighted by atomic mass is 10.1. The lowest BCUT2D eigenvalue weighted by molar-refractivity contribution is -0.148. The monoisotopic (exact) mass is 337 g/mol. The third-order valence-electron chi connectivity index (χ3n) is 4.21. The summed E-state index contributed by atoms with van der Waals surface area (Å²) in [6, 6.07) is 7.38. The highest BCUT2D eigenvalue weighted by Gasteiger charge is 2.48. The van der Waals surface area contributed by atoms with Crippen molar-refractivity contribution in [2.24, 2.45) is 5.92 Å². The molecule has 2 aliphatic rings. The fourth-order valence-corrected chi connectivity index (χ4v) is 3.49. The number of carboxylic acid groups (broad SMARTS) is 1. The van der Waals surface area contributed by atoms with Crippen molar-refractivity contribution in [2.75, 3.05) is 6.54 Å². The fourth-order valence-electron chi connectivity index (χ4n) is 3.07. The van der Waals surface area contributed by atoms with Gasteiger partial charge in [-0.05, 0) is 42.9 Å². The second-order valence-electron chi connectivity index (χ2n) is 5.53. The van der Waals surface area contributed by atoms with Gasteiger partial charge in [0.2, 0.25) is 5.91 Å². The number of halogens is 1. The Bertz CT molecular complexity index is 560. The first-order valence-electron chi connectivity index (χ1n) is 6.86. The number of benzene rings is 1. The van der Waals surface area contributed by atoms with Gasteiger partial charge in [0, 0.05) is 16.9 Å². The van der Waals surface area contributed by atoms with Crippen molar-refractivity contribution in [3.8, 4) is 0 Å². The molecule has 0 unspecified atom stereocenters. The molecule has 1 heterocycles. The Hall–Kier alpha value is -1.36. The van der Waals surface area contributed by atoms with Gasteiger partial charge >= 0.3 is 5.97 Å². The molecule has 1 aliphatic carbocycles. The highest BCUT2D eigenvalue weighted by atomic mass is 79.9.